The van der Waals surface area contributed by atoms with Gasteiger partial charge >= 0.3 is 0 Å². The summed E-state index contributed by atoms with van der Waals surface area (Å²) in [4.78, 5) is 5.16. The molecule has 0 spiro atoms. The van der Waals surface area contributed by atoms with E-state index in [4.69, 9.17) is 4.84 Å². The van der Waals surface area contributed by atoms with Crippen LogP contribution in [0.3, 0.4) is 0 Å². The first-order valence-electron chi connectivity index (χ1n) is 3.20. The fourth-order valence-corrected chi connectivity index (χ4v) is 0.822. The van der Waals surface area contributed by atoms with E-state index >= 15 is 0 Å². The number of hydroxylamine groups is 2. The SMILES string of the molecule is CCC1ON1C(C)C. The van der Waals surface area contributed by atoms with Crippen molar-refractivity contribution in [3.05, 3.63) is 0 Å². The number of hydrogen-bond donors (Lipinski definition) is 0. The van der Waals surface area contributed by atoms with Crippen LogP contribution < -0.4 is 0 Å². The molecular formula is C6H13NO. The summed E-state index contributed by atoms with van der Waals surface area (Å²) in [6, 6.07) is 0.556. The van der Waals surface area contributed by atoms with Crippen LogP contribution in [-0.2, 0) is 4.84 Å². The molecule has 0 aromatic carbocycles. The van der Waals surface area contributed by atoms with Gasteiger partial charge in [0.1, 0.15) is 0 Å². The van der Waals surface area contributed by atoms with Gasteiger partial charge < -0.3 is 0 Å². The summed E-state index contributed by atoms with van der Waals surface area (Å²) in [7, 11) is 0. The van der Waals surface area contributed by atoms with Crippen LogP contribution in [-0.4, -0.2) is 17.3 Å². The second kappa shape index (κ2) is 2.03. The Morgan fingerprint density at radius 1 is 1.62 bits per heavy atom. The van der Waals surface area contributed by atoms with Crippen LogP contribution >= 0.6 is 0 Å². The Kier molecular flexibility index (Phi) is 1.54. The van der Waals surface area contributed by atoms with Crippen LogP contribution in [0, 0.1) is 0 Å². The third kappa shape index (κ3) is 1.01. The van der Waals surface area contributed by atoms with E-state index in [1.807, 2.05) is 5.06 Å². The maximum absolute atomic E-state index is 5.16. The molecule has 1 rings (SSSR count). The molecule has 1 aliphatic rings. The molecule has 1 fully saturated rings. The van der Waals surface area contributed by atoms with E-state index in [0.29, 0.717) is 12.3 Å². The Morgan fingerprint density at radius 3 is 2.38 bits per heavy atom. The van der Waals surface area contributed by atoms with E-state index in [-0.39, 0.29) is 0 Å². The Morgan fingerprint density at radius 2 is 2.25 bits per heavy atom. The van der Waals surface area contributed by atoms with Crippen LogP contribution in [0.2, 0.25) is 0 Å². The summed E-state index contributed by atoms with van der Waals surface area (Å²) < 4.78 is 0. The van der Waals surface area contributed by atoms with Crippen LogP contribution in [0.4, 0.5) is 0 Å². The van der Waals surface area contributed by atoms with Gasteiger partial charge in [0.2, 0.25) is 0 Å². The van der Waals surface area contributed by atoms with Gasteiger partial charge in [-0.25, -0.2) is 0 Å². The number of rotatable bonds is 2. The largest absolute Gasteiger partial charge is 0.275 e. The van der Waals surface area contributed by atoms with E-state index in [1.165, 1.54) is 0 Å². The molecule has 0 amide bonds. The van der Waals surface area contributed by atoms with Gasteiger partial charge in [0.15, 0.2) is 6.23 Å². The second-order valence-electron chi connectivity index (χ2n) is 2.42. The van der Waals surface area contributed by atoms with Crippen molar-refractivity contribution in [2.75, 3.05) is 0 Å². The molecule has 2 atom stereocenters. The van der Waals surface area contributed by atoms with Crippen LogP contribution in [0.15, 0.2) is 0 Å². The van der Waals surface area contributed by atoms with Crippen molar-refractivity contribution in [1.29, 1.82) is 0 Å². The summed E-state index contributed by atoms with van der Waals surface area (Å²) in [6.45, 7) is 6.40. The molecule has 2 nitrogen and oxygen atoms in total. The van der Waals surface area contributed by atoms with Gasteiger partial charge in [0.05, 0.1) is 0 Å². The standard InChI is InChI=1S/C6H13NO/c1-4-6-7(8-6)5(2)3/h5-6H,4H2,1-3H3. The predicted octanol–water partition coefficient (Wildman–Crippen LogP) is 1.38. The smallest absolute Gasteiger partial charge is 0.154 e. The van der Waals surface area contributed by atoms with Crippen LogP contribution in [0.1, 0.15) is 27.2 Å². The third-order valence-corrected chi connectivity index (χ3v) is 1.34. The van der Waals surface area contributed by atoms with Crippen molar-refractivity contribution >= 4 is 0 Å². The van der Waals surface area contributed by atoms with E-state index in [0.717, 1.165) is 6.42 Å². The molecular weight excluding hydrogens is 102 g/mol. The Balaban J connectivity index is 2.16. The molecule has 48 valence electrons. The van der Waals surface area contributed by atoms with Crippen molar-refractivity contribution < 1.29 is 4.84 Å². The minimum atomic E-state index is 0.426. The van der Waals surface area contributed by atoms with Crippen molar-refractivity contribution in [1.82, 2.24) is 5.06 Å². The summed E-state index contributed by atoms with van der Waals surface area (Å²) in [6.07, 6.45) is 1.54. The van der Waals surface area contributed by atoms with Gasteiger partial charge in [-0.15, -0.1) is 0 Å². The van der Waals surface area contributed by atoms with Gasteiger partial charge in [0.25, 0.3) is 0 Å². The van der Waals surface area contributed by atoms with Crippen LogP contribution in [0.5, 0.6) is 0 Å². The van der Waals surface area contributed by atoms with Gasteiger partial charge in [-0.1, -0.05) is 6.92 Å². The van der Waals surface area contributed by atoms with Gasteiger partial charge in [-0.2, -0.15) is 5.06 Å². The third-order valence-electron chi connectivity index (χ3n) is 1.34. The molecule has 0 N–H and O–H groups in total. The summed E-state index contributed by atoms with van der Waals surface area (Å²) in [5.41, 5.74) is 0. The molecule has 0 radical (unpaired) electrons. The Hall–Kier alpha value is -0.0800. The average Bonchev–Trinajstić information content (AvgIpc) is 2.42. The lowest BCUT2D eigenvalue weighted by atomic mass is 10.4. The molecule has 0 bridgehead atoms. The molecule has 0 aliphatic carbocycles. The minimum absolute atomic E-state index is 0.426. The molecule has 1 aliphatic heterocycles. The van der Waals surface area contributed by atoms with Gasteiger partial charge in [-0.05, 0) is 20.3 Å². The van der Waals surface area contributed by atoms with Crippen molar-refractivity contribution in [3.8, 4) is 0 Å². The van der Waals surface area contributed by atoms with E-state index in [1.54, 1.807) is 0 Å². The zero-order chi connectivity index (χ0) is 6.15. The molecule has 2 heteroatoms. The molecule has 8 heavy (non-hydrogen) atoms. The first kappa shape index (κ1) is 6.05. The molecule has 2 unspecified atom stereocenters. The highest BCUT2D eigenvalue weighted by Crippen LogP contribution is 2.25. The van der Waals surface area contributed by atoms with E-state index in [9.17, 15) is 0 Å². The lowest BCUT2D eigenvalue weighted by Crippen LogP contribution is -2.10. The quantitative estimate of drug-likeness (QED) is 0.505. The highest BCUT2D eigenvalue weighted by atomic mass is 16.8. The second-order valence-corrected chi connectivity index (χ2v) is 2.42. The predicted molar refractivity (Wildman–Crippen MR) is 32.1 cm³/mol. The Bertz CT molecular complexity index is 82.6. The minimum Gasteiger partial charge on any atom is -0.275 e. The fourth-order valence-electron chi connectivity index (χ4n) is 0.822. The van der Waals surface area contributed by atoms with E-state index in [2.05, 4.69) is 20.8 Å². The maximum atomic E-state index is 5.16. The van der Waals surface area contributed by atoms with Crippen molar-refractivity contribution in [3.63, 3.8) is 0 Å². The normalized spacial score (nSPS) is 36.0. The average molecular weight is 115 g/mol. The maximum Gasteiger partial charge on any atom is 0.154 e. The lowest BCUT2D eigenvalue weighted by molar-refractivity contribution is 0.164. The molecule has 0 aromatic rings. The molecule has 0 aromatic heterocycles. The lowest BCUT2D eigenvalue weighted by Gasteiger charge is -1.97. The molecule has 0 saturated carbocycles. The first-order valence-corrected chi connectivity index (χ1v) is 3.20. The monoisotopic (exact) mass is 115 g/mol. The fraction of sp³-hybridized carbons (Fsp3) is 1.00. The van der Waals surface area contributed by atoms with Crippen molar-refractivity contribution in [2.45, 2.75) is 39.5 Å². The zero-order valence-electron chi connectivity index (χ0n) is 5.72. The number of nitrogens with zero attached hydrogens (tertiary/aromatic N) is 1. The summed E-state index contributed by atoms with van der Waals surface area (Å²) in [5.74, 6) is 0. The van der Waals surface area contributed by atoms with Crippen molar-refractivity contribution in [2.24, 2.45) is 0 Å². The zero-order valence-corrected chi connectivity index (χ0v) is 5.72. The summed E-state index contributed by atoms with van der Waals surface area (Å²) in [5, 5.41) is 2.01. The molecule has 1 saturated heterocycles. The van der Waals surface area contributed by atoms with E-state index < -0.39 is 0 Å². The first-order chi connectivity index (χ1) is 3.75. The topological polar surface area (TPSA) is 15.5 Å². The summed E-state index contributed by atoms with van der Waals surface area (Å²) >= 11 is 0. The van der Waals surface area contributed by atoms with Gasteiger partial charge in [-0.3, -0.25) is 4.84 Å². The molecule has 1 heterocycles. The highest BCUT2D eigenvalue weighted by molar-refractivity contribution is 4.66. The van der Waals surface area contributed by atoms with Gasteiger partial charge in [0, 0.05) is 6.04 Å². The highest BCUT2D eigenvalue weighted by Gasteiger charge is 2.36. The van der Waals surface area contributed by atoms with Crippen LogP contribution in [0.25, 0.3) is 0 Å². The Labute approximate surface area is 50.4 Å². The number of hydrogen-bond acceptors (Lipinski definition) is 2.